The smallest absolute Gasteiger partial charge is 0.132 e. The summed E-state index contributed by atoms with van der Waals surface area (Å²) in [5.41, 5.74) is 4.24. The lowest BCUT2D eigenvalue weighted by atomic mass is 10.0. The van der Waals surface area contributed by atoms with Gasteiger partial charge in [0.25, 0.3) is 0 Å². The van der Waals surface area contributed by atoms with Crippen LogP contribution in [0.3, 0.4) is 0 Å². The number of para-hydroxylation sites is 1. The molecule has 0 bridgehead atoms. The summed E-state index contributed by atoms with van der Waals surface area (Å²) in [4.78, 5) is 8.91. The van der Waals surface area contributed by atoms with Crippen molar-refractivity contribution in [3.8, 4) is 5.75 Å². The summed E-state index contributed by atoms with van der Waals surface area (Å²) in [6.07, 6.45) is 9.51. The summed E-state index contributed by atoms with van der Waals surface area (Å²) in [5.74, 6) is 0.763. The largest absolute Gasteiger partial charge is 0.493 e. The molecule has 3 rings (SSSR count). The van der Waals surface area contributed by atoms with Crippen LogP contribution in [0.2, 0.25) is 0 Å². The van der Waals surface area contributed by atoms with Crippen molar-refractivity contribution in [2.75, 3.05) is 37.7 Å². The van der Waals surface area contributed by atoms with E-state index in [2.05, 4.69) is 52.1 Å². The number of nitrogens with zero attached hydrogens (tertiary/aromatic N) is 3. The van der Waals surface area contributed by atoms with Gasteiger partial charge in [-0.15, -0.1) is 0 Å². The van der Waals surface area contributed by atoms with Crippen LogP contribution < -0.4 is 9.64 Å². The van der Waals surface area contributed by atoms with Gasteiger partial charge in [-0.1, -0.05) is 24.3 Å². The van der Waals surface area contributed by atoms with Crippen LogP contribution in [-0.4, -0.2) is 47.8 Å². The molecule has 29 heavy (non-hydrogen) atoms. The standard InChI is InChI=1S/C24H31N3O2/c1-4-21(26-15-17-27(18-16-26)22-11-13-25-14-12-22)10-9-20-7-6-8-23(19(3)28)24(20)29-5-2/h4,6-14,19,28H,5,15-18H2,1-3H3/b10-9-,21-4+. The highest BCUT2D eigenvalue weighted by atomic mass is 16.5. The van der Waals surface area contributed by atoms with Crippen LogP contribution in [-0.2, 0) is 0 Å². The van der Waals surface area contributed by atoms with Gasteiger partial charge in [0.2, 0.25) is 0 Å². The van der Waals surface area contributed by atoms with Crippen LogP contribution >= 0.6 is 0 Å². The van der Waals surface area contributed by atoms with Gasteiger partial charge in [-0.25, -0.2) is 0 Å². The molecule has 1 unspecified atom stereocenters. The molecule has 0 aliphatic carbocycles. The van der Waals surface area contributed by atoms with Gasteiger partial charge in [0.05, 0.1) is 12.7 Å². The van der Waals surface area contributed by atoms with Gasteiger partial charge in [-0.05, 0) is 45.1 Å². The Kier molecular flexibility index (Phi) is 7.30. The lowest BCUT2D eigenvalue weighted by molar-refractivity contribution is 0.192. The molecule has 0 radical (unpaired) electrons. The summed E-state index contributed by atoms with van der Waals surface area (Å²) in [7, 11) is 0. The van der Waals surface area contributed by atoms with E-state index < -0.39 is 6.10 Å². The monoisotopic (exact) mass is 393 g/mol. The number of ether oxygens (including phenoxy) is 1. The quantitative estimate of drug-likeness (QED) is 0.712. The first-order valence-electron chi connectivity index (χ1n) is 10.3. The first-order chi connectivity index (χ1) is 14.1. The topological polar surface area (TPSA) is 48.8 Å². The van der Waals surface area contributed by atoms with Crippen LogP contribution in [0.1, 0.15) is 38.0 Å². The van der Waals surface area contributed by atoms with E-state index in [1.54, 1.807) is 6.92 Å². The van der Waals surface area contributed by atoms with Crippen molar-refractivity contribution in [3.05, 3.63) is 71.7 Å². The van der Waals surface area contributed by atoms with E-state index in [0.29, 0.717) is 6.61 Å². The van der Waals surface area contributed by atoms with Crippen LogP contribution in [0, 0.1) is 0 Å². The van der Waals surface area contributed by atoms with Crippen molar-refractivity contribution >= 4 is 11.8 Å². The molecule has 5 heteroatoms. The molecule has 1 fully saturated rings. The van der Waals surface area contributed by atoms with E-state index in [1.165, 1.54) is 11.4 Å². The van der Waals surface area contributed by atoms with Gasteiger partial charge in [0.1, 0.15) is 5.75 Å². The fourth-order valence-corrected chi connectivity index (χ4v) is 3.68. The molecule has 1 N–H and O–H groups in total. The molecule has 154 valence electrons. The molecule has 2 heterocycles. The summed E-state index contributed by atoms with van der Waals surface area (Å²) >= 11 is 0. The van der Waals surface area contributed by atoms with E-state index in [4.69, 9.17) is 4.74 Å². The molecule has 1 aliphatic rings. The van der Waals surface area contributed by atoms with Crippen molar-refractivity contribution in [2.24, 2.45) is 0 Å². The van der Waals surface area contributed by atoms with Gasteiger partial charge < -0.3 is 19.6 Å². The Morgan fingerprint density at radius 1 is 1.17 bits per heavy atom. The van der Waals surface area contributed by atoms with E-state index in [-0.39, 0.29) is 0 Å². The molecule has 0 amide bonds. The second kappa shape index (κ2) is 10.1. The van der Waals surface area contributed by atoms with Gasteiger partial charge in [-0.2, -0.15) is 0 Å². The van der Waals surface area contributed by atoms with Crippen LogP contribution in [0.25, 0.3) is 6.08 Å². The summed E-state index contributed by atoms with van der Waals surface area (Å²) in [6, 6.07) is 10.0. The fraction of sp³-hybridized carbons (Fsp3) is 0.375. The molecule has 5 nitrogen and oxygen atoms in total. The molecule has 2 aromatic rings. The Morgan fingerprint density at radius 2 is 1.90 bits per heavy atom. The number of benzene rings is 1. The van der Waals surface area contributed by atoms with Crippen molar-refractivity contribution in [3.63, 3.8) is 0 Å². The molecule has 1 aliphatic heterocycles. The van der Waals surface area contributed by atoms with Crippen molar-refractivity contribution in [1.82, 2.24) is 9.88 Å². The van der Waals surface area contributed by atoms with Crippen LogP contribution in [0.4, 0.5) is 5.69 Å². The zero-order chi connectivity index (χ0) is 20.6. The van der Waals surface area contributed by atoms with E-state index in [9.17, 15) is 5.11 Å². The average molecular weight is 394 g/mol. The van der Waals surface area contributed by atoms with Gasteiger partial charge >= 0.3 is 0 Å². The molecule has 0 saturated carbocycles. The summed E-state index contributed by atoms with van der Waals surface area (Å²) < 4.78 is 5.85. The second-order valence-corrected chi connectivity index (χ2v) is 7.10. The maximum Gasteiger partial charge on any atom is 0.132 e. The third-order valence-electron chi connectivity index (χ3n) is 5.22. The maximum absolute atomic E-state index is 10.1. The maximum atomic E-state index is 10.1. The van der Waals surface area contributed by atoms with E-state index in [0.717, 1.165) is 43.1 Å². The molecular formula is C24H31N3O2. The minimum Gasteiger partial charge on any atom is -0.493 e. The predicted octanol–water partition coefficient (Wildman–Crippen LogP) is 4.27. The Bertz CT molecular complexity index is 838. The number of anilines is 1. The molecule has 1 aromatic carbocycles. The first-order valence-corrected chi connectivity index (χ1v) is 10.3. The Balaban J connectivity index is 1.71. The third-order valence-corrected chi connectivity index (χ3v) is 5.22. The number of aromatic nitrogens is 1. The zero-order valence-electron chi connectivity index (χ0n) is 17.6. The first kappa shape index (κ1) is 20.9. The predicted molar refractivity (Wildman–Crippen MR) is 119 cm³/mol. The molecule has 1 aromatic heterocycles. The summed E-state index contributed by atoms with van der Waals surface area (Å²) in [6.45, 7) is 10.3. The minimum absolute atomic E-state index is 0.563. The number of pyridine rings is 1. The average Bonchev–Trinajstić information content (AvgIpc) is 2.76. The highest BCUT2D eigenvalue weighted by Gasteiger charge is 2.18. The molecule has 1 saturated heterocycles. The number of hydrogen-bond donors (Lipinski definition) is 1. The molecule has 1 atom stereocenters. The molecule has 0 spiro atoms. The van der Waals surface area contributed by atoms with E-state index >= 15 is 0 Å². The Labute approximate surface area is 173 Å². The summed E-state index contributed by atoms with van der Waals surface area (Å²) in [5, 5.41) is 10.1. The van der Waals surface area contributed by atoms with Crippen molar-refractivity contribution in [1.29, 1.82) is 0 Å². The van der Waals surface area contributed by atoms with Crippen molar-refractivity contribution in [2.45, 2.75) is 26.9 Å². The highest BCUT2D eigenvalue weighted by Crippen LogP contribution is 2.30. The number of aliphatic hydroxyl groups excluding tert-OH is 1. The number of rotatable bonds is 7. The normalized spacial score (nSPS) is 16.3. The fourth-order valence-electron chi connectivity index (χ4n) is 3.68. The zero-order valence-corrected chi connectivity index (χ0v) is 17.6. The van der Waals surface area contributed by atoms with Crippen LogP contribution in [0.5, 0.6) is 5.75 Å². The van der Waals surface area contributed by atoms with E-state index in [1.807, 2.05) is 37.5 Å². The second-order valence-electron chi connectivity index (χ2n) is 7.10. The van der Waals surface area contributed by atoms with Gasteiger partial charge in [0, 0.05) is 61.1 Å². The third kappa shape index (κ3) is 5.18. The van der Waals surface area contributed by atoms with Gasteiger partial charge in [-0.3, -0.25) is 4.98 Å². The number of allylic oxidation sites excluding steroid dienone is 2. The Hall–Kier alpha value is -2.79. The SMILES string of the molecule is C/C=C(\C=C/c1cccc(C(C)O)c1OCC)N1CCN(c2ccncc2)CC1. The highest BCUT2D eigenvalue weighted by molar-refractivity contribution is 5.62. The lowest BCUT2D eigenvalue weighted by Gasteiger charge is -2.37. The molecular weight excluding hydrogens is 362 g/mol. The lowest BCUT2D eigenvalue weighted by Crippen LogP contribution is -2.45. The number of aliphatic hydroxyl groups is 1. The van der Waals surface area contributed by atoms with Gasteiger partial charge in [0.15, 0.2) is 0 Å². The minimum atomic E-state index is -0.563. The van der Waals surface area contributed by atoms with Crippen LogP contribution in [0.15, 0.2) is 60.6 Å². The number of hydrogen-bond acceptors (Lipinski definition) is 5. The Morgan fingerprint density at radius 3 is 2.52 bits per heavy atom. The van der Waals surface area contributed by atoms with Crippen molar-refractivity contribution < 1.29 is 9.84 Å². The number of piperazine rings is 1.